The van der Waals surface area contributed by atoms with Crippen molar-refractivity contribution in [2.45, 2.75) is 13.0 Å². The van der Waals surface area contributed by atoms with Gasteiger partial charge in [-0.2, -0.15) is 0 Å². The van der Waals surface area contributed by atoms with Gasteiger partial charge in [-0.1, -0.05) is 0 Å². The molecule has 0 aromatic heterocycles. The molecule has 2 nitrogen and oxygen atoms in total. The highest BCUT2D eigenvalue weighted by Gasteiger charge is 2.03. The number of benzene rings is 1. The van der Waals surface area contributed by atoms with Gasteiger partial charge in [-0.05, 0) is 18.2 Å². The first-order valence-electron chi connectivity index (χ1n) is 4.36. The molecule has 1 rings (SSSR count). The first kappa shape index (κ1) is 10.9. The molecular formula is C10H12F2O2. The molecule has 0 atom stereocenters. The van der Waals surface area contributed by atoms with Crippen molar-refractivity contribution in [1.29, 1.82) is 0 Å². The maximum Gasteiger partial charge on any atom is 0.125 e. The topological polar surface area (TPSA) is 29.5 Å². The van der Waals surface area contributed by atoms with Crippen LogP contribution in [-0.4, -0.2) is 18.4 Å². The van der Waals surface area contributed by atoms with Crippen LogP contribution in [0.5, 0.6) is 5.75 Å². The van der Waals surface area contributed by atoms with Gasteiger partial charge in [0, 0.05) is 12.0 Å². The predicted molar refractivity (Wildman–Crippen MR) is 48.4 cm³/mol. The average Bonchev–Trinajstić information content (AvgIpc) is 2.20. The van der Waals surface area contributed by atoms with Gasteiger partial charge >= 0.3 is 0 Å². The van der Waals surface area contributed by atoms with Crippen molar-refractivity contribution >= 4 is 0 Å². The molecule has 0 spiro atoms. The van der Waals surface area contributed by atoms with E-state index < -0.39 is 12.5 Å². The summed E-state index contributed by atoms with van der Waals surface area (Å²) in [6.45, 7) is -0.506. The number of hydrogen-bond acceptors (Lipinski definition) is 2. The Kier molecular flexibility index (Phi) is 4.32. The Morgan fingerprint density at radius 2 is 2.14 bits per heavy atom. The van der Waals surface area contributed by atoms with Crippen LogP contribution in [-0.2, 0) is 6.61 Å². The molecule has 0 bridgehead atoms. The highest BCUT2D eigenvalue weighted by molar-refractivity contribution is 5.33. The van der Waals surface area contributed by atoms with E-state index in [0.29, 0.717) is 17.7 Å². The fourth-order valence-electron chi connectivity index (χ4n) is 1.05. The number of aliphatic hydroxyl groups is 1. The molecule has 1 N–H and O–H groups in total. The van der Waals surface area contributed by atoms with E-state index in [4.69, 9.17) is 9.84 Å². The van der Waals surface area contributed by atoms with Crippen LogP contribution < -0.4 is 4.74 Å². The van der Waals surface area contributed by atoms with Crippen LogP contribution in [0.4, 0.5) is 8.78 Å². The van der Waals surface area contributed by atoms with Crippen LogP contribution in [0, 0.1) is 5.82 Å². The van der Waals surface area contributed by atoms with Gasteiger partial charge in [0.2, 0.25) is 0 Å². The third-order valence-corrected chi connectivity index (χ3v) is 1.73. The summed E-state index contributed by atoms with van der Waals surface area (Å²) in [4.78, 5) is 0. The van der Waals surface area contributed by atoms with E-state index in [1.807, 2.05) is 0 Å². The molecule has 0 aliphatic carbocycles. The van der Waals surface area contributed by atoms with Gasteiger partial charge < -0.3 is 9.84 Å². The fourth-order valence-corrected chi connectivity index (χ4v) is 1.05. The molecule has 0 saturated carbocycles. The molecule has 1 aromatic carbocycles. The lowest BCUT2D eigenvalue weighted by Crippen LogP contribution is -2.01. The minimum absolute atomic E-state index is 0.231. The second-order valence-electron chi connectivity index (χ2n) is 2.80. The van der Waals surface area contributed by atoms with Crippen LogP contribution in [0.15, 0.2) is 18.2 Å². The van der Waals surface area contributed by atoms with Gasteiger partial charge in [0.1, 0.15) is 11.6 Å². The molecule has 0 fully saturated rings. The van der Waals surface area contributed by atoms with E-state index in [0.717, 1.165) is 0 Å². The monoisotopic (exact) mass is 202 g/mol. The normalized spacial score (nSPS) is 10.2. The average molecular weight is 202 g/mol. The highest BCUT2D eigenvalue weighted by Crippen LogP contribution is 2.19. The fraction of sp³-hybridized carbons (Fsp3) is 0.400. The second-order valence-corrected chi connectivity index (χ2v) is 2.80. The Labute approximate surface area is 81.1 Å². The zero-order valence-electron chi connectivity index (χ0n) is 7.67. The zero-order valence-corrected chi connectivity index (χ0v) is 7.67. The van der Waals surface area contributed by atoms with Crippen LogP contribution in [0.2, 0.25) is 0 Å². The lowest BCUT2D eigenvalue weighted by atomic mass is 10.2. The van der Waals surface area contributed by atoms with Gasteiger partial charge in [-0.25, -0.2) is 4.39 Å². The Bertz CT molecular complexity index is 289. The minimum atomic E-state index is -0.449. The summed E-state index contributed by atoms with van der Waals surface area (Å²) >= 11 is 0. The maximum atomic E-state index is 12.7. The Morgan fingerprint density at radius 1 is 1.36 bits per heavy atom. The first-order chi connectivity index (χ1) is 6.77. The molecule has 78 valence electrons. The molecule has 0 aliphatic rings. The van der Waals surface area contributed by atoms with Crippen molar-refractivity contribution in [3.05, 3.63) is 29.6 Å². The summed E-state index contributed by atoms with van der Waals surface area (Å²) in [6, 6.07) is 3.87. The molecule has 0 aliphatic heterocycles. The third kappa shape index (κ3) is 2.96. The highest BCUT2D eigenvalue weighted by atomic mass is 19.1. The lowest BCUT2D eigenvalue weighted by molar-refractivity contribution is 0.255. The number of rotatable bonds is 5. The second kappa shape index (κ2) is 5.54. The van der Waals surface area contributed by atoms with Crippen molar-refractivity contribution in [2.24, 2.45) is 0 Å². The molecular weight excluding hydrogens is 190 g/mol. The number of halogens is 2. The summed E-state index contributed by atoms with van der Waals surface area (Å²) in [5.74, 6) is -0.0192. The van der Waals surface area contributed by atoms with E-state index in [1.165, 1.54) is 18.2 Å². The predicted octanol–water partition coefficient (Wildman–Crippen LogP) is 2.06. The molecule has 0 heterocycles. The van der Waals surface area contributed by atoms with E-state index in [1.54, 1.807) is 0 Å². The van der Waals surface area contributed by atoms with Crippen molar-refractivity contribution in [2.75, 3.05) is 13.3 Å². The molecule has 1 aromatic rings. The van der Waals surface area contributed by atoms with Crippen molar-refractivity contribution < 1.29 is 18.6 Å². The van der Waals surface area contributed by atoms with E-state index in [9.17, 15) is 8.78 Å². The van der Waals surface area contributed by atoms with E-state index in [-0.39, 0.29) is 13.2 Å². The first-order valence-corrected chi connectivity index (χ1v) is 4.36. The van der Waals surface area contributed by atoms with Crippen LogP contribution in [0.1, 0.15) is 12.0 Å². The van der Waals surface area contributed by atoms with Crippen molar-refractivity contribution in [1.82, 2.24) is 0 Å². The summed E-state index contributed by atoms with van der Waals surface area (Å²) < 4.78 is 29.6. The summed E-state index contributed by atoms with van der Waals surface area (Å²) in [5.41, 5.74) is 0.379. The molecule has 4 heteroatoms. The Hall–Kier alpha value is -1.16. The van der Waals surface area contributed by atoms with Gasteiger partial charge in [0.25, 0.3) is 0 Å². The van der Waals surface area contributed by atoms with Crippen molar-refractivity contribution in [3.8, 4) is 5.75 Å². The molecule has 14 heavy (non-hydrogen) atoms. The van der Waals surface area contributed by atoms with Crippen LogP contribution in [0.3, 0.4) is 0 Å². The lowest BCUT2D eigenvalue weighted by Gasteiger charge is -2.08. The smallest absolute Gasteiger partial charge is 0.125 e. The number of aliphatic hydroxyl groups excluding tert-OH is 1. The summed E-state index contributed by atoms with van der Waals surface area (Å²) in [6.07, 6.45) is 0.294. The molecule has 0 unspecified atom stereocenters. The van der Waals surface area contributed by atoms with E-state index in [2.05, 4.69) is 0 Å². The van der Waals surface area contributed by atoms with Crippen LogP contribution >= 0.6 is 0 Å². The van der Waals surface area contributed by atoms with E-state index >= 15 is 0 Å². The third-order valence-electron chi connectivity index (χ3n) is 1.73. The Morgan fingerprint density at radius 3 is 2.79 bits per heavy atom. The van der Waals surface area contributed by atoms with Crippen LogP contribution in [0.25, 0.3) is 0 Å². The largest absolute Gasteiger partial charge is 0.493 e. The zero-order chi connectivity index (χ0) is 10.4. The number of ether oxygens (including phenoxy) is 1. The molecule has 0 radical (unpaired) electrons. The summed E-state index contributed by atoms with van der Waals surface area (Å²) in [5, 5.41) is 8.88. The Balaban J connectivity index is 2.65. The van der Waals surface area contributed by atoms with Gasteiger partial charge in [0.05, 0.1) is 19.9 Å². The summed E-state index contributed by atoms with van der Waals surface area (Å²) in [7, 11) is 0. The molecule has 0 amide bonds. The van der Waals surface area contributed by atoms with Gasteiger partial charge in [-0.15, -0.1) is 0 Å². The van der Waals surface area contributed by atoms with Gasteiger partial charge in [0.15, 0.2) is 0 Å². The standard InChI is InChI=1S/C10H12F2O2/c11-4-1-5-14-10-3-2-9(12)6-8(10)7-13/h2-3,6,13H,1,4-5,7H2. The molecule has 0 saturated heterocycles. The quantitative estimate of drug-likeness (QED) is 0.740. The number of hydrogen-bond donors (Lipinski definition) is 1. The SMILES string of the molecule is OCc1cc(F)ccc1OCCCF. The van der Waals surface area contributed by atoms with Crippen molar-refractivity contribution in [3.63, 3.8) is 0 Å². The minimum Gasteiger partial charge on any atom is -0.493 e. The maximum absolute atomic E-state index is 12.7. The van der Waals surface area contributed by atoms with Gasteiger partial charge in [-0.3, -0.25) is 4.39 Å². The number of alkyl halides is 1.